The van der Waals surface area contributed by atoms with Gasteiger partial charge in [-0.3, -0.25) is 0 Å². The van der Waals surface area contributed by atoms with E-state index >= 15 is 0 Å². The fraction of sp³-hybridized carbons (Fsp3) is 0.0233. The zero-order valence-electron chi connectivity index (χ0n) is 24.8. The maximum atomic E-state index is 2.34. The third-order valence-electron chi connectivity index (χ3n) is 8.17. The molecule has 7 aromatic carbocycles. The highest BCUT2D eigenvalue weighted by Crippen LogP contribution is 2.41. The van der Waals surface area contributed by atoms with Gasteiger partial charge in [-0.05, 0) is 87.8 Å². The molecule has 7 aromatic rings. The number of nitrogens with zero attached hydrogens (tertiary/aromatic N) is 1. The fourth-order valence-corrected chi connectivity index (χ4v) is 5.93. The molecule has 0 heterocycles. The second kappa shape index (κ2) is 12.3. The summed E-state index contributed by atoms with van der Waals surface area (Å²) in [6.45, 7) is 2.13. The molecular formula is C43H33N. The normalized spacial score (nSPS) is 10.8. The van der Waals surface area contributed by atoms with E-state index in [9.17, 15) is 0 Å². The summed E-state index contributed by atoms with van der Waals surface area (Å²) in [4.78, 5) is 2.34. The number of anilines is 3. The first-order valence-electron chi connectivity index (χ1n) is 15.1. The molecule has 1 heteroatoms. The summed E-state index contributed by atoms with van der Waals surface area (Å²) in [6.07, 6.45) is 0. The smallest absolute Gasteiger partial charge is 0.0468 e. The van der Waals surface area contributed by atoms with Crippen LogP contribution in [0.15, 0.2) is 182 Å². The zero-order valence-corrected chi connectivity index (χ0v) is 24.8. The van der Waals surface area contributed by atoms with Crippen molar-refractivity contribution in [2.24, 2.45) is 0 Å². The van der Waals surface area contributed by atoms with Gasteiger partial charge in [0.05, 0.1) is 0 Å². The molecule has 44 heavy (non-hydrogen) atoms. The minimum atomic E-state index is 1.11. The van der Waals surface area contributed by atoms with Crippen LogP contribution in [0.1, 0.15) is 5.56 Å². The van der Waals surface area contributed by atoms with E-state index < -0.39 is 0 Å². The van der Waals surface area contributed by atoms with E-state index in [-0.39, 0.29) is 0 Å². The van der Waals surface area contributed by atoms with Gasteiger partial charge in [0.15, 0.2) is 0 Å². The van der Waals surface area contributed by atoms with Gasteiger partial charge >= 0.3 is 0 Å². The lowest BCUT2D eigenvalue weighted by Gasteiger charge is -2.27. The van der Waals surface area contributed by atoms with Crippen LogP contribution in [-0.4, -0.2) is 0 Å². The Morgan fingerprint density at radius 2 is 0.682 bits per heavy atom. The molecule has 0 unspecified atom stereocenters. The van der Waals surface area contributed by atoms with Gasteiger partial charge in [-0.1, -0.05) is 151 Å². The quantitative estimate of drug-likeness (QED) is 0.186. The van der Waals surface area contributed by atoms with Crippen LogP contribution >= 0.6 is 0 Å². The van der Waals surface area contributed by atoms with Crippen LogP contribution in [0.3, 0.4) is 0 Å². The van der Waals surface area contributed by atoms with Gasteiger partial charge in [0, 0.05) is 17.1 Å². The third kappa shape index (κ3) is 5.56. The molecule has 0 amide bonds. The Bertz CT molecular complexity index is 1980. The van der Waals surface area contributed by atoms with Crippen molar-refractivity contribution in [3.05, 3.63) is 188 Å². The van der Waals surface area contributed by atoms with Crippen LogP contribution in [0.5, 0.6) is 0 Å². The molecular weight excluding hydrogens is 530 g/mol. The average Bonchev–Trinajstić information content (AvgIpc) is 3.10. The molecule has 7 rings (SSSR count). The highest BCUT2D eigenvalue weighted by Gasteiger charge is 2.17. The van der Waals surface area contributed by atoms with Crippen LogP contribution in [0.25, 0.3) is 44.5 Å². The Hall–Kier alpha value is -5.66. The first-order valence-corrected chi connectivity index (χ1v) is 15.1. The standard InChI is InChI=1S/C43H33N/c1-32-21-23-35(24-22-32)40-19-11-12-20-41(40)36-25-27-38(28-26-36)44(37-17-9-4-10-18-37)39-29-30-42(33-13-5-2-6-14-33)43(31-39)34-15-7-3-8-16-34/h2-31H,1H3. The van der Waals surface area contributed by atoms with Crippen molar-refractivity contribution in [1.29, 1.82) is 0 Å². The summed E-state index contributed by atoms with van der Waals surface area (Å²) < 4.78 is 0. The summed E-state index contributed by atoms with van der Waals surface area (Å²) in [5.41, 5.74) is 14.3. The molecule has 0 aliphatic rings. The molecule has 0 aliphatic carbocycles. The Balaban J connectivity index is 1.33. The molecule has 0 radical (unpaired) electrons. The molecule has 0 spiro atoms. The maximum absolute atomic E-state index is 2.34. The number of aryl methyl sites for hydroxylation is 1. The van der Waals surface area contributed by atoms with E-state index in [0.717, 1.165) is 17.1 Å². The summed E-state index contributed by atoms with van der Waals surface area (Å²) in [7, 11) is 0. The van der Waals surface area contributed by atoms with Crippen molar-refractivity contribution < 1.29 is 0 Å². The van der Waals surface area contributed by atoms with Crippen molar-refractivity contribution in [3.63, 3.8) is 0 Å². The van der Waals surface area contributed by atoms with Crippen molar-refractivity contribution in [2.75, 3.05) is 4.90 Å². The Labute approximate surface area is 260 Å². The molecule has 1 nitrogen and oxygen atoms in total. The van der Waals surface area contributed by atoms with E-state index in [1.807, 2.05) is 0 Å². The van der Waals surface area contributed by atoms with Gasteiger partial charge in [-0.2, -0.15) is 0 Å². The van der Waals surface area contributed by atoms with E-state index in [1.165, 1.54) is 50.1 Å². The van der Waals surface area contributed by atoms with Crippen molar-refractivity contribution in [3.8, 4) is 44.5 Å². The highest BCUT2D eigenvalue weighted by atomic mass is 15.1. The first-order chi connectivity index (χ1) is 21.7. The van der Waals surface area contributed by atoms with Crippen LogP contribution in [-0.2, 0) is 0 Å². The van der Waals surface area contributed by atoms with E-state index in [4.69, 9.17) is 0 Å². The van der Waals surface area contributed by atoms with E-state index in [1.54, 1.807) is 0 Å². The largest absolute Gasteiger partial charge is 0.310 e. The predicted octanol–water partition coefficient (Wildman–Crippen LogP) is 12.1. The topological polar surface area (TPSA) is 3.24 Å². The van der Waals surface area contributed by atoms with Crippen LogP contribution in [0.4, 0.5) is 17.1 Å². The second-order valence-corrected chi connectivity index (χ2v) is 11.1. The molecule has 0 aliphatic heterocycles. The molecule has 0 saturated carbocycles. The lowest BCUT2D eigenvalue weighted by atomic mass is 9.93. The van der Waals surface area contributed by atoms with Gasteiger partial charge < -0.3 is 4.90 Å². The molecule has 0 atom stereocenters. The molecule has 0 saturated heterocycles. The number of para-hydroxylation sites is 1. The minimum absolute atomic E-state index is 1.11. The van der Waals surface area contributed by atoms with Gasteiger partial charge in [-0.25, -0.2) is 0 Å². The average molecular weight is 564 g/mol. The van der Waals surface area contributed by atoms with Crippen LogP contribution in [0, 0.1) is 6.92 Å². The summed E-state index contributed by atoms with van der Waals surface area (Å²) in [5.74, 6) is 0. The van der Waals surface area contributed by atoms with Gasteiger partial charge in [0.2, 0.25) is 0 Å². The third-order valence-corrected chi connectivity index (χ3v) is 8.17. The van der Waals surface area contributed by atoms with Gasteiger partial charge in [-0.15, -0.1) is 0 Å². The summed E-state index contributed by atoms with van der Waals surface area (Å²) in [6, 6.07) is 65.2. The van der Waals surface area contributed by atoms with Gasteiger partial charge in [0.1, 0.15) is 0 Å². The van der Waals surface area contributed by atoms with Crippen LogP contribution in [0.2, 0.25) is 0 Å². The van der Waals surface area contributed by atoms with Crippen molar-refractivity contribution in [2.45, 2.75) is 6.92 Å². The number of rotatable bonds is 7. The lowest BCUT2D eigenvalue weighted by Crippen LogP contribution is -2.10. The fourth-order valence-electron chi connectivity index (χ4n) is 5.93. The predicted molar refractivity (Wildman–Crippen MR) is 188 cm³/mol. The van der Waals surface area contributed by atoms with E-state index in [2.05, 4.69) is 194 Å². The Morgan fingerprint density at radius 1 is 0.295 bits per heavy atom. The Morgan fingerprint density at radius 3 is 1.25 bits per heavy atom. The minimum Gasteiger partial charge on any atom is -0.310 e. The molecule has 0 fully saturated rings. The van der Waals surface area contributed by atoms with Crippen molar-refractivity contribution >= 4 is 17.1 Å². The molecule has 210 valence electrons. The molecule has 0 bridgehead atoms. The molecule has 0 aromatic heterocycles. The molecule has 0 N–H and O–H groups in total. The zero-order chi connectivity index (χ0) is 29.7. The van der Waals surface area contributed by atoms with Crippen LogP contribution < -0.4 is 4.90 Å². The van der Waals surface area contributed by atoms with Crippen molar-refractivity contribution in [1.82, 2.24) is 0 Å². The highest BCUT2D eigenvalue weighted by molar-refractivity contribution is 5.89. The van der Waals surface area contributed by atoms with E-state index in [0.29, 0.717) is 0 Å². The SMILES string of the molecule is Cc1ccc(-c2ccccc2-c2ccc(N(c3ccccc3)c3ccc(-c4ccccc4)c(-c4ccccc4)c3)cc2)cc1. The maximum Gasteiger partial charge on any atom is 0.0468 e. The summed E-state index contributed by atoms with van der Waals surface area (Å²) >= 11 is 0. The number of hydrogen-bond acceptors (Lipinski definition) is 1. The summed E-state index contributed by atoms with van der Waals surface area (Å²) in [5, 5.41) is 0. The first kappa shape index (κ1) is 27.2. The number of hydrogen-bond donors (Lipinski definition) is 0. The van der Waals surface area contributed by atoms with Gasteiger partial charge in [0.25, 0.3) is 0 Å². The number of benzene rings is 7. The Kier molecular flexibility index (Phi) is 7.60. The monoisotopic (exact) mass is 563 g/mol. The second-order valence-electron chi connectivity index (χ2n) is 11.1. The lowest BCUT2D eigenvalue weighted by molar-refractivity contribution is 1.28.